The fourth-order valence-corrected chi connectivity index (χ4v) is 4.31. The Balaban J connectivity index is 1.62. The topological polar surface area (TPSA) is 44.8 Å². The number of ether oxygens (including phenoxy) is 1. The number of amides is 1. The lowest BCUT2D eigenvalue weighted by Gasteiger charge is -2.37. The maximum atomic E-state index is 14.1. The van der Waals surface area contributed by atoms with Gasteiger partial charge in [-0.05, 0) is 41.8 Å². The van der Waals surface area contributed by atoms with Crippen LogP contribution in [0, 0.1) is 11.6 Å². The van der Waals surface area contributed by atoms with Crippen molar-refractivity contribution < 1.29 is 18.3 Å². The van der Waals surface area contributed by atoms with E-state index in [1.54, 1.807) is 16.8 Å². The smallest absolute Gasteiger partial charge is 0.245 e. The van der Waals surface area contributed by atoms with E-state index >= 15 is 0 Å². The number of rotatable bonds is 4. The van der Waals surface area contributed by atoms with Gasteiger partial charge in [-0.3, -0.25) is 4.79 Å². The van der Waals surface area contributed by atoms with Crippen molar-refractivity contribution in [1.82, 2.24) is 9.80 Å². The molecule has 2 aromatic rings. The molecule has 30 heavy (non-hydrogen) atoms. The summed E-state index contributed by atoms with van der Waals surface area (Å²) >= 11 is 0. The zero-order valence-corrected chi connectivity index (χ0v) is 17.4. The molecule has 0 spiro atoms. The fourth-order valence-electron chi connectivity index (χ4n) is 4.31. The lowest BCUT2D eigenvalue weighted by molar-refractivity contribution is -0.131. The van der Waals surface area contributed by atoms with Gasteiger partial charge in [-0.1, -0.05) is 18.2 Å². The lowest BCUT2D eigenvalue weighted by atomic mass is 9.90. The summed E-state index contributed by atoms with van der Waals surface area (Å²) in [5.41, 5.74) is 3.90. The van der Waals surface area contributed by atoms with Crippen LogP contribution in [0.4, 0.5) is 14.5 Å². The number of hydrogen-bond donors (Lipinski definition) is 1. The minimum Gasteiger partial charge on any atom is -0.373 e. The van der Waals surface area contributed by atoms with Gasteiger partial charge in [0.2, 0.25) is 5.91 Å². The molecule has 2 aromatic carbocycles. The first-order valence-electron chi connectivity index (χ1n) is 9.88. The Kier molecular flexibility index (Phi) is 5.24. The predicted octanol–water partition coefficient (Wildman–Crippen LogP) is 3.78. The minimum absolute atomic E-state index is 0.0553. The second kappa shape index (κ2) is 7.72. The van der Waals surface area contributed by atoms with Gasteiger partial charge in [0.1, 0.15) is 6.04 Å². The fraction of sp³-hybridized carbons (Fsp3) is 0.348. The van der Waals surface area contributed by atoms with Gasteiger partial charge >= 0.3 is 0 Å². The number of carbonyl (C=O) groups is 1. The number of methoxy groups -OCH3 is 1. The molecule has 0 saturated heterocycles. The summed E-state index contributed by atoms with van der Waals surface area (Å²) in [5.74, 6) is -1.90. The molecule has 1 N–H and O–H groups in total. The molecular weight excluding hydrogens is 388 g/mol. The molecule has 5 nitrogen and oxygen atoms in total. The number of para-hydroxylation sites is 1. The van der Waals surface area contributed by atoms with Gasteiger partial charge in [-0.25, -0.2) is 8.78 Å². The van der Waals surface area contributed by atoms with Crippen LogP contribution in [0.2, 0.25) is 0 Å². The van der Waals surface area contributed by atoms with Crippen LogP contribution < -0.4 is 5.32 Å². The summed E-state index contributed by atoms with van der Waals surface area (Å²) in [6.45, 7) is 1.89. The van der Waals surface area contributed by atoms with Crippen molar-refractivity contribution >= 4 is 17.2 Å². The number of halogens is 2. The summed E-state index contributed by atoms with van der Waals surface area (Å²) in [6.07, 6.45) is 1.92. The first-order valence-corrected chi connectivity index (χ1v) is 9.88. The van der Waals surface area contributed by atoms with Crippen LogP contribution >= 0.6 is 0 Å². The van der Waals surface area contributed by atoms with E-state index < -0.39 is 17.9 Å². The van der Waals surface area contributed by atoms with E-state index in [1.807, 2.05) is 44.4 Å². The van der Waals surface area contributed by atoms with Crippen LogP contribution in [-0.4, -0.2) is 49.0 Å². The first-order chi connectivity index (χ1) is 14.3. The van der Waals surface area contributed by atoms with Gasteiger partial charge in [0, 0.05) is 45.1 Å². The van der Waals surface area contributed by atoms with Crippen LogP contribution in [0.5, 0.6) is 0 Å². The zero-order chi connectivity index (χ0) is 21.6. The molecule has 0 fully saturated rings. The second-order valence-corrected chi connectivity index (χ2v) is 7.87. The second-order valence-electron chi connectivity index (χ2n) is 7.87. The van der Waals surface area contributed by atoms with E-state index in [9.17, 15) is 13.6 Å². The van der Waals surface area contributed by atoms with E-state index in [1.165, 1.54) is 19.2 Å². The highest BCUT2D eigenvalue weighted by Crippen LogP contribution is 2.38. The van der Waals surface area contributed by atoms with Crippen LogP contribution in [0.15, 0.2) is 42.6 Å². The van der Waals surface area contributed by atoms with Crippen molar-refractivity contribution in [2.24, 2.45) is 0 Å². The highest BCUT2D eigenvalue weighted by atomic mass is 19.2. The van der Waals surface area contributed by atoms with Crippen molar-refractivity contribution in [2.75, 3.05) is 26.5 Å². The predicted molar refractivity (Wildman–Crippen MR) is 112 cm³/mol. The van der Waals surface area contributed by atoms with E-state index in [2.05, 4.69) is 5.32 Å². The Morgan fingerprint density at radius 3 is 2.67 bits per heavy atom. The average molecular weight is 413 g/mol. The molecule has 1 amide bonds. The summed E-state index contributed by atoms with van der Waals surface area (Å²) < 4.78 is 33.5. The zero-order valence-electron chi connectivity index (χ0n) is 17.4. The van der Waals surface area contributed by atoms with Gasteiger partial charge in [-0.15, -0.1) is 0 Å². The van der Waals surface area contributed by atoms with E-state index in [-0.39, 0.29) is 18.0 Å². The molecule has 7 heteroatoms. The summed E-state index contributed by atoms with van der Waals surface area (Å²) in [5, 5.41) is 3.28. The Bertz CT molecular complexity index is 999. The largest absolute Gasteiger partial charge is 0.373 e. The van der Waals surface area contributed by atoms with Gasteiger partial charge < -0.3 is 19.9 Å². The first kappa shape index (κ1) is 20.3. The number of likely N-dealkylation sites (N-methyl/N-ethyl adjacent to an activating group) is 1. The Morgan fingerprint density at radius 2 is 1.97 bits per heavy atom. The van der Waals surface area contributed by atoms with E-state index in [4.69, 9.17) is 4.74 Å². The quantitative estimate of drug-likeness (QED) is 0.829. The molecule has 0 bridgehead atoms. The van der Waals surface area contributed by atoms with Crippen molar-refractivity contribution in [2.45, 2.75) is 31.7 Å². The molecular formula is C23H25F2N3O2. The summed E-state index contributed by atoms with van der Waals surface area (Å²) in [4.78, 5) is 16.7. The van der Waals surface area contributed by atoms with Crippen LogP contribution in [-0.2, 0) is 16.0 Å². The number of anilines is 1. The molecule has 158 valence electrons. The van der Waals surface area contributed by atoms with Gasteiger partial charge in [-0.2, -0.15) is 0 Å². The van der Waals surface area contributed by atoms with Crippen LogP contribution in [0.1, 0.15) is 29.8 Å². The SMILES string of the molecule is COC1c2cc(F)c(F)cc2C(C(C)N(C)C(=O)[C@@H]2Cc3ccccc3N2)=CN1C. The van der Waals surface area contributed by atoms with E-state index in [0.717, 1.165) is 16.8 Å². The molecule has 2 aliphatic rings. The standard InChI is InChI=1S/C23H25F2N3O2/c1-13(28(3)22(29)21-9-14-7-5-6-8-20(14)26-21)17-12-27(2)23(30-4)16-11-19(25)18(24)10-15(16)17/h5-8,10-13,21,23,26H,9H2,1-4H3/t13?,21-,23?/m0/s1. The maximum Gasteiger partial charge on any atom is 0.245 e. The monoisotopic (exact) mass is 413 g/mol. The molecule has 0 aliphatic carbocycles. The van der Waals surface area contributed by atoms with Gasteiger partial charge in [0.15, 0.2) is 17.9 Å². The summed E-state index contributed by atoms with van der Waals surface area (Å²) in [6, 6.07) is 9.52. The number of hydrogen-bond acceptors (Lipinski definition) is 4. The Morgan fingerprint density at radius 1 is 1.27 bits per heavy atom. The molecule has 2 aliphatic heterocycles. The third-order valence-corrected chi connectivity index (χ3v) is 6.05. The van der Waals surface area contributed by atoms with Gasteiger partial charge in [0.05, 0.1) is 6.04 Å². The Hall–Kier alpha value is -2.93. The Labute approximate surface area is 174 Å². The minimum atomic E-state index is -0.923. The maximum absolute atomic E-state index is 14.1. The summed E-state index contributed by atoms with van der Waals surface area (Å²) in [7, 11) is 5.07. The molecule has 0 radical (unpaired) electrons. The van der Waals surface area contributed by atoms with Crippen molar-refractivity contribution in [1.29, 1.82) is 0 Å². The highest BCUT2D eigenvalue weighted by molar-refractivity contribution is 5.89. The van der Waals surface area contributed by atoms with Crippen molar-refractivity contribution in [3.63, 3.8) is 0 Å². The number of fused-ring (bicyclic) bond motifs is 2. The van der Waals surface area contributed by atoms with E-state index in [0.29, 0.717) is 17.5 Å². The lowest BCUT2D eigenvalue weighted by Crippen LogP contribution is -2.45. The van der Waals surface area contributed by atoms with Crippen molar-refractivity contribution in [3.8, 4) is 0 Å². The van der Waals surface area contributed by atoms with Gasteiger partial charge in [0.25, 0.3) is 0 Å². The number of benzene rings is 2. The molecule has 2 heterocycles. The van der Waals surface area contributed by atoms with Crippen LogP contribution in [0.25, 0.3) is 5.57 Å². The third-order valence-electron chi connectivity index (χ3n) is 6.05. The molecule has 3 atom stereocenters. The van der Waals surface area contributed by atoms with Crippen LogP contribution in [0.3, 0.4) is 0 Å². The number of nitrogens with one attached hydrogen (secondary N) is 1. The molecule has 0 aromatic heterocycles. The molecule has 4 rings (SSSR count). The normalized spacial score (nSPS) is 20.7. The molecule has 2 unspecified atom stereocenters. The van der Waals surface area contributed by atoms with Crippen molar-refractivity contribution in [3.05, 3.63) is 70.9 Å². The third kappa shape index (κ3) is 3.33. The number of carbonyl (C=O) groups excluding carboxylic acids is 1. The molecule has 0 saturated carbocycles. The average Bonchev–Trinajstić information content (AvgIpc) is 3.17. The number of nitrogens with zero attached hydrogens (tertiary/aromatic N) is 2. The highest BCUT2D eigenvalue weighted by Gasteiger charge is 2.35.